The Morgan fingerprint density at radius 1 is 1.00 bits per heavy atom. The van der Waals surface area contributed by atoms with E-state index >= 15 is 0 Å². The Morgan fingerprint density at radius 3 is 2.39 bits per heavy atom. The van der Waals surface area contributed by atoms with Crippen LogP contribution in [0.2, 0.25) is 0 Å². The molecule has 0 unspecified atom stereocenters. The summed E-state index contributed by atoms with van der Waals surface area (Å²) < 4.78 is 0. The molecule has 1 amide bonds. The van der Waals surface area contributed by atoms with Crippen molar-refractivity contribution in [2.45, 2.75) is 39.3 Å². The standard InChI is InChI=1S/C26H30N4O/c1-19-3-8-25(20(2)17-19)26(31)29-23-4-6-24(7-5-23)30-15-11-22(12-16-30)28-18-21-9-13-27-14-10-21/h3-10,13-14,17,22,28H,11-12,15-16,18H2,1-2H3,(H,29,31). The molecule has 5 nitrogen and oxygen atoms in total. The van der Waals surface area contributed by atoms with Crippen molar-refractivity contribution in [3.8, 4) is 0 Å². The van der Waals surface area contributed by atoms with Gasteiger partial charge in [0.15, 0.2) is 0 Å². The highest BCUT2D eigenvalue weighted by molar-refractivity contribution is 6.05. The summed E-state index contributed by atoms with van der Waals surface area (Å²) in [5, 5.41) is 6.68. The number of carbonyl (C=O) groups excluding carboxylic acids is 1. The molecule has 2 aromatic carbocycles. The number of amides is 1. The van der Waals surface area contributed by atoms with Crippen LogP contribution in [0.3, 0.4) is 0 Å². The van der Waals surface area contributed by atoms with Crippen LogP contribution >= 0.6 is 0 Å². The van der Waals surface area contributed by atoms with Crippen LogP contribution < -0.4 is 15.5 Å². The van der Waals surface area contributed by atoms with E-state index in [1.165, 1.54) is 11.3 Å². The number of nitrogens with one attached hydrogen (secondary N) is 2. The molecule has 1 aromatic heterocycles. The zero-order valence-electron chi connectivity index (χ0n) is 18.3. The lowest BCUT2D eigenvalue weighted by Gasteiger charge is -2.34. The molecule has 0 atom stereocenters. The Morgan fingerprint density at radius 2 is 1.71 bits per heavy atom. The Kier molecular flexibility index (Phi) is 6.63. The molecule has 1 aliphatic rings. The number of pyridine rings is 1. The van der Waals surface area contributed by atoms with E-state index in [0.717, 1.165) is 54.9 Å². The average Bonchev–Trinajstić information content (AvgIpc) is 2.79. The van der Waals surface area contributed by atoms with E-state index in [-0.39, 0.29) is 5.91 Å². The van der Waals surface area contributed by atoms with Crippen LogP contribution in [0.4, 0.5) is 11.4 Å². The predicted molar refractivity (Wildman–Crippen MR) is 127 cm³/mol. The summed E-state index contributed by atoms with van der Waals surface area (Å²) in [6.07, 6.45) is 5.92. The van der Waals surface area contributed by atoms with Gasteiger partial charge in [0.1, 0.15) is 0 Å². The first-order chi connectivity index (χ1) is 15.1. The number of rotatable bonds is 6. The molecule has 2 heterocycles. The van der Waals surface area contributed by atoms with Gasteiger partial charge in [-0.15, -0.1) is 0 Å². The third kappa shape index (κ3) is 5.50. The van der Waals surface area contributed by atoms with Gasteiger partial charge in [0.25, 0.3) is 5.91 Å². The maximum Gasteiger partial charge on any atom is 0.255 e. The SMILES string of the molecule is Cc1ccc(C(=O)Nc2ccc(N3CCC(NCc4ccncc4)CC3)cc2)c(C)c1. The molecular weight excluding hydrogens is 384 g/mol. The summed E-state index contributed by atoms with van der Waals surface area (Å²) in [6, 6.07) is 18.7. The number of anilines is 2. The van der Waals surface area contributed by atoms with Crippen molar-refractivity contribution in [1.82, 2.24) is 10.3 Å². The van der Waals surface area contributed by atoms with Gasteiger partial charge in [0.05, 0.1) is 0 Å². The van der Waals surface area contributed by atoms with E-state index in [0.29, 0.717) is 6.04 Å². The highest BCUT2D eigenvalue weighted by Crippen LogP contribution is 2.23. The largest absolute Gasteiger partial charge is 0.371 e. The van der Waals surface area contributed by atoms with Crippen molar-refractivity contribution < 1.29 is 4.79 Å². The predicted octanol–water partition coefficient (Wildman–Crippen LogP) is 4.71. The van der Waals surface area contributed by atoms with Gasteiger partial charge in [-0.2, -0.15) is 0 Å². The minimum atomic E-state index is -0.0636. The van der Waals surface area contributed by atoms with Crippen molar-refractivity contribution in [1.29, 1.82) is 0 Å². The average molecular weight is 415 g/mol. The van der Waals surface area contributed by atoms with E-state index in [9.17, 15) is 4.79 Å². The van der Waals surface area contributed by atoms with Crippen molar-refractivity contribution >= 4 is 17.3 Å². The van der Waals surface area contributed by atoms with Crippen LogP contribution in [0.25, 0.3) is 0 Å². The summed E-state index contributed by atoms with van der Waals surface area (Å²) >= 11 is 0. The highest BCUT2D eigenvalue weighted by Gasteiger charge is 2.19. The third-order valence-electron chi connectivity index (χ3n) is 5.96. The molecule has 31 heavy (non-hydrogen) atoms. The van der Waals surface area contributed by atoms with Gasteiger partial charge >= 0.3 is 0 Å². The third-order valence-corrected chi connectivity index (χ3v) is 5.96. The first-order valence-electron chi connectivity index (χ1n) is 10.9. The smallest absolute Gasteiger partial charge is 0.255 e. The molecule has 5 heteroatoms. The van der Waals surface area contributed by atoms with Gasteiger partial charge < -0.3 is 15.5 Å². The lowest BCUT2D eigenvalue weighted by molar-refractivity contribution is 0.102. The molecule has 1 aliphatic heterocycles. The first kappa shape index (κ1) is 21.1. The quantitative estimate of drug-likeness (QED) is 0.613. The molecule has 0 radical (unpaired) electrons. The van der Waals surface area contributed by atoms with E-state index in [1.807, 2.05) is 56.6 Å². The molecule has 0 aliphatic carbocycles. The Bertz CT molecular complexity index is 1010. The van der Waals surface area contributed by atoms with Gasteiger partial charge in [-0.25, -0.2) is 0 Å². The second kappa shape index (κ2) is 9.75. The van der Waals surface area contributed by atoms with Crippen LogP contribution in [0, 0.1) is 13.8 Å². The second-order valence-electron chi connectivity index (χ2n) is 8.32. The number of hydrogen-bond acceptors (Lipinski definition) is 4. The minimum absolute atomic E-state index is 0.0636. The number of aromatic nitrogens is 1. The summed E-state index contributed by atoms with van der Waals surface area (Å²) in [5.74, 6) is -0.0636. The van der Waals surface area contributed by atoms with Gasteiger partial charge in [0.2, 0.25) is 0 Å². The van der Waals surface area contributed by atoms with Crippen LogP contribution in [-0.4, -0.2) is 30.0 Å². The van der Waals surface area contributed by atoms with Crippen molar-refractivity contribution in [3.05, 3.63) is 89.2 Å². The van der Waals surface area contributed by atoms with Gasteiger partial charge in [-0.05, 0) is 80.3 Å². The monoisotopic (exact) mass is 414 g/mol. The summed E-state index contributed by atoms with van der Waals surface area (Å²) in [6.45, 7) is 6.96. The molecule has 160 valence electrons. The zero-order chi connectivity index (χ0) is 21.6. The van der Waals surface area contributed by atoms with Crippen LogP contribution in [0.1, 0.15) is 39.9 Å². The maximum atomic E-state index is 12.6. The first-order valence-corrected chi connectivity index (χ1v) is 10.9. The molecule has 3 aromatic rings. The Hall–Kier alpha value is -3.18. The second-order valence-corrected chi connectivity index (χ2v) is 8.32. The van der Waals surface area contributed by atoms with Gasteiger partial charge in [-0.1, -0.05) is 17.7 Å². The van der Waals surface area contributed by atoms with Crippen molar-refractivity contribution in [2.75, 3.05) is 23.3 Å². The fraction of sp³-hybridized carbons (Fsp3) is 0.308. The molecule has 0 bridgehead atoms. The normalized spacial score (nSPS) is 14.5. The molecule has 0 saturated carbocycles. The van der Waals surface area contributed by atoms with Crippen LogP contribution in [0.5, 0.6) is 0 Å². The van der Waals surface area contributed by atoms with Crippen molar-refractivity contribution in [3.63, 3.8) is 0 Å². The molecule has 1 saturated heterocycles. The fourth-order valence-corrected chi connectivity index (χ4v) is 4.13. The summed E-state index contributed by atoms with van der Waals surface area (Å²) in [5.41, 5.74) is 6.18. The van der Waals surface area contributed by atoms with Crippen LogP contribution in [0.15, 0.2) is 67.0 Å². The molecular formula is C26H30N4O. The lowest BCUT2D eigenvalue weighted by Crippen LogP contribution is -2.42. The van der Waals surface area contributed by atoms with E-state index < -0.39 is 0 Å². The van der Waals surface area contributed by atoms with Gasteiger partial charge in [0, 0.05) is 55.0 Å². The minimum Gasteiger partial charge on any atom is -0.371 e. The number of aryl methyl sites for hydroxylation is 2. The lowest BCUT2D eigenvalue weighted by atomic mass is 10.0. The summed E-state index contributed by atoms with van der Waals surface area (Å²) in [7, 11) is 0. The Balaban J connectivity index is 1.28. The maximum absolute atomic E-state index is 12.6. The van der Waals surface area contributed by atoms with E-state index in [1.54, 1.807) is 0 Å². The van der Waals surface area contributed by atoms with Crippen molar-refractivity contribution in [2.24, 2.45) is 0 Å². The van der Waals surface area contributed by atoms with Crippen LogP contribution in [-0.2, 0) is 6.54 Å². The molecule has 1 fully saturated rings. The van der Waals surface area contributed by atoms with E-state index in [2.05, 4.69) is 44.8 Å². The zero-order valence-corrected chi connectivity index (χ0v) is 18.3. The molecule has 0 spiro atoms. The fourth-order valence-electron chi connectivity index (χ4n) is 4.13. The topological polar surface area (TPSA) is 57.3 Å². The highest BCUT2D eigenvalue weighted by atomic mass is 16.1. The molecule has 4 rings (SSSR count). The number of benzene rings is 2. The summed E-state index contributed by atoms with van der Waals surface area (Å²) in [4.78, 5) is 19.1. The Labute approximate surface area is 184 Å². The number of carbonyl (C=O) groups is 1. The van der Waals surface area contributed by atoms with E-state index in [4.69, 9.17) is 0 Å². The number of hydrogen-bond donors (Lipinski definition) is 2. The molecule has 2 N–H and O–H groups in total. The number of nitrogens with zero attached hydrogens (tertiary/aromatic N) is 2. The van der Waals surface area contributed by atoms with Gasteiger partial charge in [-0.3, -0.25) is 9.78 Å². The number of piperidine rings is 1.